The van der Waals surface area contributed by atoms with Crippen molar-refractivity contribution < 1.29 is 14.0 Å². The molecule has 0 aliphatic carbocycles. The number of primary amides is 1. The number of hydrogen-bond donors (Lipinski definition) is 1. The zero-order valence-corrected chi connectivity index (χ0v) is 18.1. The summed E-state index contributed by atoms with van der Waals surface area (Å²) in [5.74, 6) is -1.48. The van der Waals surface area contributed by atoms with Crippen molar-refractivity contribution in [2.75, 3.05) is 13.1 Å². The van der Waals surface area contributed by atoms with Crippen LogP contribution >= 0.6 is 0 Å². The molecule has 0 spiro atoms. The van der Waals surface area contributed by atoms with E-state index in [1.54, 1.807) is 11.0 Å². The third kappa shape index (κ3) is 4.53. The van der Waals surface area contributed by atoms with Gasteiger partial charge in [-0.25, -0.2) is 4.39 Å². The van der Waals surface area contributed by atoms with Crippen LogP contribution in [0.5, 0.6) is 0 Å². The van der Waals surface area contributed by atoms with Crippen LogP contribution in [-0.4, -0.2) is 34.4 Å². The lowest BCUT2D eigenvalue weighted by Crippen LogP contribution is -2.36. The molecular formula is C24H27FN4O2. The summed E-state index contributed by atoms with van der Waals surface area (Å²) < 4.78 is 15.6. The Kier molecular flexibility index (Phi) is 6.59. The Bertz CT molecular complexity index is 1090. The second kappa shape index (κ2) is 9.17. The van der Waals surface area contributed by atoms with Crippen LogP contribution in [0.1, 0.15) is 66.3 Å². The molecule has 31 heavy (non-hydrogen) atoms. The highest BCUT2D eigenvalue weighted by atomic mass is 19.1. The second-order valence-electron chi connectivity index (χ2n) is 8.15. The minimum Gasteiger partial charge on any atom is -0.366 e. The van der Waals surface area contributed by atoms with E-state index in [-0.39, 0.29) is 23.0 Å². The van der Waals surface area contributed by atoms with Crippen LogP contribution < -0.4 is 5.73 Å². The number of carbonyl (C=O) groups excluding carboxylic acids is 2. The van der Waals surface area contributed by atoms with Crippen molar-refractivity contribution in [3.05, 3.63) is 58.2 Å². The number of aromatic nitrogens is 1. The van der Waals surface area contributed by atoms with Gasteiger partial charge >= 0.3 is 0 Å². The fourth-order valence-corrected chi connectivity index (χ4v) is 4.01. The summed E-state index contributed by atoms with van der Waals surface area (Å²) in [4.78, 5) is 26.5. The maximum atomic E-state index is 13.8. The molecule has 2 aromatic rings. The molecule has 2 heterocycles. The van der Waals surface area contributed by atoms with E-state index in [0.29, 0.717) is 24.3 Å². The predicted molar refractivity (Wildman–Crippen MR) is 117 cm³/mol. The molecular weight excluding hydrogens is 395 g/mol. The Hall–Kier alpha value is -3.40. The molecule has 0 saturated carbocycles. The van der Waals surface area contributed by atoms with E-state index >= 15 is 0 Å². The summed E-state index contributed by atoms with van der Waals surface area (Å²) in [5.41, 5.74) is 8.41. The lowest BCUT2D eigenvalue weighted by Gasteiger charge is -2.26. The van der Waals surface area contributed by atoms with Gasteiger partial charge < -0.3 is 15.2 Å². The van der Waals surface area contributed by atoms with E-state index < -0.39 is 11.7 Å². The molecule has 0 radical (unpaired) electrons. The number of benzene rings is 1. The van der Waals surface area contributed by atoms with Gasteiger partial charge in [0.05, 0.1) is 11.3 Å². The van der Waals surface area contributed by atoms with E-state index in [4.69, 9.17) is 5.73 Å². The Labute approximate surface area is 181 Å². The Morgan fingerprint density at radius 1 is 1.19 bits per heavy atom. The van der Waals surface area contributed by atoms with Crippen molar-refractivity contribution in [1.29, 1.82) is 5.26 Å². The lowest BCUT2D eigenvalue weighted by molar-refractivity contribution is -0.127. The molecule has 1 saturated heterocycles. The first-order valence-corrected chi connectivity index (χ1v) is 10.5. The fraction of sp³-hybridized carbons (Fsp3) is 0.375. The molecule has 3 rings (SSSR count). The summed E-state index contributed by atoms with van der Waals surface area (Å²) in [7, 11) is 0. The molecule has 1 aromatic carbocycles. The molecule has 2 N–H and O–H groups in total. The van der Waals surface area contributed by atoms with Gasteiger partial charge in [0.15, 0.2) is 0 Å². The SMILES string of the molecule is Cc1c(/C=C(\C#N)C(=O)N2CCCCC2)cc(C(C)C)n1-c1ccc(F)cc1C(N)=O. The van der Waals surface area contributed by atoms with Crippen molar-refractivity contribution in [2.45, 2.75) is 46.0 Å². The van der Waals surface area contributed by atoms with Crippen LogP contribution in [0.4, 0.5) is 4.39 Å². The van der Waals surface area contributed by atoms with Crippen molar-refractivity contribution >= 4 is 17.9 Å². The van der Waals surface area contributed by atoms with Crippen LogP contribution in [0.25, 0.3) is 11.8 Å². The summed E-state index contributed by atoms with van der Waals surface area (Å²) in [6.07, 6.45) is 4.58. The number of nitrogens with two attached hydrogens (primary N) is 1. The van der Waals surface area contributed by atoms with E-state index in [0.717, 1.165) is 36.7 Å². The maximum absolute atomic E-state index is 13.8. The maximum Gasteiger partial charge on any atom is 0.264 e. The minimum absolute atomic E-state index is 0.0648. The monoisotopic (exact) mass is 422 g/mol. The molecule has 0 bridgehead atoms. The van der Waals surface area contributed by atoms with Crippen LogP contribution in [0.2, 0.25) is 0 Å². The molecule has 1 aliphatic rings. The first kappa shape index (κ1) is 22.3. The number of hydrogen-bond acceptors (Lipinski definition) is 3. The van der Waals surface area contributed by atoms with Gasteiger partial charge in [-0.2, -0.15) is 5.26 Å². The van der Waals surface area contributed by atoms with Crippen molar-refractivity contribution in [3.8, 4) is 11.8 Å². The van der Waals surface area contributed by atoms with Gasteiger partial charge in [-0.15, -0.1) is 0 Å². The van der Waals surface area contributed by atoms with Crippen molar-refractivity contribution in [3.63, 3.8) is 0 Å². The number of nitriles is 1. The van der Waals surface area contributed by atoms with Gasteiger partial charge in [0.1, 0.15) is 17.5 Å². The van der Waals surface area contributed by atoms with Gasteiger partial charge in [-0.1, -0.05) is 13.8 Å². The molecule has 1 aromatic heterocycles. The topological polar surface area (TPSA) is 92.1 Å². The molecule has 2 amide bonds. The van der Waals surface area contributed by atoms with Crippen molar-refractivity contribution in [2.24, 2.45) is 5.73 Å². The summed E-state index contributed by atoms with van der Waals surface area (Å²) >= 11 is 0. The van der Waals surface area contributed by atoms with Crippen LogP contribution in [0, 0.1) is 24.1 Å². The normalized spacial score (nSPS) is 14.6. The van der Waals surface area contributed by atoms with Crippen LogP contribution in [-0.2, 0) is 4.79 Å². The largest absolute Gasteiger partial charge is 0.366 e. The number of carbonyl (C=O) groups is 2. The smallest absolute Gasteiger partial charge is 0.264 e. The van der Waals surface area contributed by atoms with E-state index in [1.807, 2.05) is 37.5 Å². The number of amides is 2. The number of nitrogens with zero attached hydrogens (tertiary/aromatic N) is 3. The summed E-state index contributed by atoms with van der Waals surface area (Å²) in [6.45, 7) is 7.15. The third-order valence-electron chi connectivity index (χ3n) is 5.67. The van der Waals surface area contributed by atoms with Gasteiger partial charge in [0.25, 0.3) is 11.8 Å². The minimum atomic E-state index is -0.729. The lowest BCUT2D eigenvalue weighted by atomic mass is 10.1. The van der Waals surface area contributed by atoms with Gasteiger partial charge in [0, 0.05) is 24.5 Å². The Morgan fingerprint density at radius 3 is 2.45 bits per heavy atom. The second-order valence-corrected chi connectivity index (χ2v) is 8.15. The summed E-state index contributed by atoms with van der Waals surface area (Å²) in [5, 5.41) is 9.65. The highest BCUT2D eigenvalue weighted by Crippen LogP contribution is 2.30. The first-order chi connectivity index (χ1) is 14.7. The van der Waals surface area contributed by atoms with Gasteiger partial charge in [-0.05, 0) is 68.0 Å². The van der Waals surface area contributed by atoms with Crippen LogP contribution in [0.15, 0.2) is 29.8 Å². The summed E-state index contributed by atoms with van der Waals surface area (Å²) in [6, 6.07) is 7.87. The zero-order valence-electron chi connectivity index (χ0n) is 18.1. The number of rotatable bonds is 5. The van der Waals surface area contributed by atoms with Crippen LogP contribution in [0.3, 0.4) is 0 Å². The van der Waals surface area contributed by atoms with E-state index in [1.165, 1.54) is 12.1 Å². The number of piperidine rings is 1. The average Bonchev–Trinajstić information content (AvgIpc) is 3.08. The van der Waals surface area contributed by atoms with E-state index in [9.17, 15) is 19.2 Å². The first-order valence-electron chi connectivity index (χ1n) is 10.5. The highest BCUT2D eigenvalue weighted by Gasteiger charge is 2.23. The molecule has 6 nitrogen and oxygen atoms in total. The predicted octanol–water partition coefficient (Wildman–Crippen LogP) is 4.07. The number of likely N-dealkylation sites (tertiary alicyclic amines) is 1. The molecule has 7 heteroatoms. The number of halogens is 1. The molecule has 0 atom stereocenters. The quantitative estimate of drug-likeness (QED) is 0.582. The fourth-order valence-electron chi connectivity index (χ4n) is 4.01. The molecule has 0 unspecified atom stereocenters. The Balaban J connectivity index is 2.13. The van der Waals surface area contributed by atoms with Gasteiger partial charge in [-0.3, -0.25) is 9.59 Å². The standard InChI is InChI=1S/C24H27FN4O2/c1-15(2)22-12-17(11-18(14-26)24(31)28-9-5-4-6-10-28)16(3)29(22)21-8-7-19(25)13-20(21)23(27)30/h7-8,11-13,15H,4-6,9-10H2,1-3H3,(H2,27,30)/b18-11+. The van der Waals surface area contributed by atoms with Gasteiger partial charge in [0.2, 0.25) is 0 Å². The Morgan fingerprint density at radius 2 is 1.87 bits per heavy atom. The van der Waals surface area contributed by atoms with Crippen molar-refractivity contribution in [1.82, 2.24) is 9.47 Å². The zero-order chi connectivity index (χ0) is 22.7. The van der Waals surface area contributed by atoms with E-state index in [2.05, 4.69) is 0 Å². The molecule has 1 aliphatic heterocycles. The molecule has 1 fully saturated rings. The molecule has 162 valence electrons. The highest BCUT2D eigenvalue weighted by molar-refractivity contribution is 6.02. The average molecular weight is 423 g/mol. The third-order valence-corrected chi connectivity index (χ3v) is 5.67.